The largest absolute Gasteiger partial charge is 0.457 e. The summed E-state index contributed by atoms with van der Waals surface area (Å²) in [5.74, 6) is 0.00646. The molecule has 36 heavy (non-hydrogen) atoms. The van der Waals surface area contributed by atoms with Crippen LogP contribution in [-0.4, -0.2) is 24.4 Å². The zero-order valence-electron chi connectivity index (χ0n) is 20.5. The molecule has 3 rings (SSSR count). The Morgan fingerprint density at radius 2 is 1.50 bits per heavy atom. The van der Waals surface area contributed by atoms with E-state index in [9.17, 15) is 14.4 Å². The second-order valence-electron chi connectivity index (χ2n) is 8.36. The summed E-state index contributed by atoms with van der Waals surface area (Å²) >= 11 is 3.40. The van der Waals surface area contributed by atoms with E-state index in [-0.39, 0.29) is 18.7 Å². The van der Waals surface area contributed by atoms with Gasteiger partial charge in [-0.25, -0.2) is 0 Å². The van der Waals surface area contributed by atoms with Crippen LogP contribution in [0.5, 0.6) is 11.5 Å². The summed E-state index contributed by atoms with van der Waals surface area (Å²) in [4.78, 5) is 36.3. The van der Waals surface area contributed by atoms with Crippen LogP contribution in [0, 0.1) is 13.8 Å². The quantitative estimate of drug-likeness (QED) is 0.287. The van der Waals surface area contributed by atoms with E-state index >= 15 is 0 Å². The number of anilines is 2. The molecule has 0 unspecified atom stereocenters. The Bertz CT molecular complexity index is 1220. The van der Waals surface area contributed by atoms with Gasteiger partial charge in [0.15, 0.2) is 6.61 Å². The van der Waals surface area contributed by atoms with Gasteiger partial charge in [-0.15, -0.1) is 0 Å². The van der Waals surface area contributed by atoms with Crippen molar-refractivity contribution in [3.05, 3.63) is 81.8 Å². The number of aryl methyl sites for hydroxylation is 3. The number of benzene rings is 3. The van der Waals surface area contributed by atoms with E-state index in [0.717, 1.165) is 33.3 Å². The van der Waals surface area contributed by atoms with Crippen molar-refractivity contribution in [2.24, 2.45) is 0 Å². The number of esters is 1. The molecular formula is C28H29BrN2O5. The third-order valence-corrected chi connectivity index (χ3v) is 5.70. The molecule has 0 heterocycles. The maximum atomic E-state index is 12.2. The number of carbonyl (C=O) groups excluding carboxylic acids is 3. The van der Waals surface area contributed by atoms with Gasteiger partial charge < -0.3 is 20.1 Å². The van der Waals surface area contributed by atoms with Crippen LogP contribution in [0.15, 0.2) is 65.1 Å². The molecule has 0 atom stereocenters. The summed E-state index contributed by atoms with van der Waals surface area (Å²) in [6.45, 7) is 5.59. The number of carbonyl (C=O) groups is 3. The zero-order valence-corrected chi connectivity index (χ0v) is 22.1. The summed E-state index contributed by atoms with van der Waals surface area (Å²) in [6, 6.07) is 18.5. The molecule has 0 aliphatic carbocycles. The number of hydrogen-bond donors (Lipinski definition) is 2. The fourth-order valence-corrected chi connectivity index (χ4v) is 3.96. The summed E-state index contributed by atoms with van der Waals surface area (Å²) in [5.41, 5.74) is 4.45. The summed E-state index contributed by atoms with van der Waals surface area (Å²) < 4.78 is 11.8. The lowest BCUT2D eigenvalue weighted by Crippen LogP contribution is -2.22. The van der Waals surface area contributed by atoms with Crippen molar-refractivity contribution in [2.45, 2.75) is 40.0 Å². The second-order valence-corrected chi connectivity index (χ2v) is 9.28. The van der Waals surface area contributed by atoms with Crippen molar-refractivity contribution in [3.63, 3.8) is 0 Å². The molecule has 3 aromatic carbocycles. The highest BCUT2D eigenvalue weighted by Gasteiger charge is 2.12. The Kier molecular flexibility index (Phi) is 9.64. The van der Waals surface area contributed by atoms with E-state index in [4.69, 9.17) is 9.47 Å². The van der Waals surface area contributed by atoms with Crippen molar-refractivity contribution >= 4 is 45.1 Å². The van der Waals surface area contributed by atoms with Crippen molar-refractivity contribution in [2.75, 3.05) is 17.2 Å². The van der Waals surface area contributed by atoms with Crippen LogP contribution >= 0.6 is 15.9 Å². The van der Waals surface area contributed by atoms with E-state index in [1.165, 1.54) is 0 Å². The summed E-state index contributed by atoms with van der Waals surface area (Å²) in [5, 5.41) is 5.48. The van der Waals surface area contributed by atoms with E-state index in [2.05, 4.69) is 32.6 Å². The minimum atomic E-state index is -0.621. The lowest BCUT2D eigenvalue weighted by Gasteiger charge is -2.11. The topological polar surface area (TPSA) is 93.7 Å². The van der Waals surface area contributed by atoms with Gasteiger partial charge in [-0.1, -0.05) is 28.9 Å². The van der Waals surface area contributed by atoms with Gasteiger partial charge in [-0.05, 0) is 91.6 Å². The highest BCUT2D eigenvalue weighted by atomic mass is 79.9. The van der Waals surface area contributed by atoms with Gasteiger partial charge in [0.05, 0.1) is 6.42 Å². The fraction of sp³-hybridized carbons (Fsp3) is 0.250. The van der Waals surface area contributed by atoms with Crippen LogP contribution in [0.25, 0.3) is 0 Å². The van der Waals surface area contributed by atoms with Crippen molar-refractivity contribution in [1.82, 2.24) is 0 Å². The highest BCUT2D eigenvalue weighted by molar-refractivity contribution is 9.10. The Morgan fingerprint density at radius 3 is 2.17 bits per heavy atom. The van der Waals surface area contributed by atoms with Crippen molar-refractivity contribution < 1.29 is 23.9 Å². The summed E-state index contributed by atoms with van der Waals surface area (Å²) in [6.07, 6.45) is 0.547. The van der Waals surface area contributed by atoms with Gasteiger partial charge in [0, 0.05) is 22.3 Å². The van der Waals surface area contributed by atoms with Crippen LogP contribution in [-0.2, 0) is 25.5 Å². The standard InChI is InChI=1S/C28H29BrN2O5/c1-4-20-16-21(29)5-10-25(20)31-27(33)17-35-28(34)12-11-26(32)30-22-6-8-23(9-7-22)36-24-14-18(2)13-19(3)15-24/h5-10,13-16H,4,11-12,17H2,1-3H3,(H,30,32)(H,31,33). The van der Waals surface area contributed by atoms with Crippen LogP contribution in [0.1, 0.15) is 36.5 Å². The monoisotopic (exact) mass is 552 g/mol. The zero-order chi connectivity index (χ0) is 26.1. The molecular weight excluding hydrogens is 524 g/mol. The highest BCUT2D eigenvalue weighted by Crippen LogP contribution is 2.25. The van der Waals surface area contributed by atoms with E-state index in [1.807, 2.05) is 45.0 Å². The molecule has 188 valence electrons. The van der Waals surface area contributed by atoms with Gasteiger partial charge in [0.2, 0.25) is 5.91 Å². The van der Waals surface area contributed by atoms with Gasteiger partial charge in [0.25, 0.3) is 5.91 Å². The van der Waals surface area contributed by atoms with Gasteiger partial charge in [-0.3, -0.25) is 14.4 Å². The SMILES string of the molecule is CCc1cc(Br)ccc1NC(=O)COC(=O)CCC(=O)Nc1ccc(Oc2cc(C)cc(C)c2)cc1. The third kappa shape index (κ3) is 8.53. The average Bonchev–Trinajstić information content (AvgIpc) is 2.83. The number of nitrogens with one attached hydrogen (secondary N) is 2. The minimum absolute atomic E-state index is 0.0615. The first-order valence-corrected chi connectivity index (χ1v) is 12.4. The first-order chi connectivity index (χ1) is 17.2. The predicted molar refractivity (Wildman–Crippen MR) is 143 cm³/mol. The van der Waals surface area contributed by atoms with Crippen LogP contribution in [0.4, 0.5) is 11.4 Å². The normalized spacial score (nSPS) is 10.4. The predicted octanol–water partition coefficient (Wildman–Crippen LogP) is 6.32. The van der Waals surface area contributed by atoms with E-state index < -0.39 is 18.5 Å². The molecule has 0 bridgehead atoms. The molecule has 0 fully saturated rings. The van der Waals surface area contributed by atoms with Crippen LogP contribution in [0.2, 0.25) is 0 Å². The Hall–Kier alpha value is -3.65. The molecule has 2 N–H and O–H groups in total. The number of halogens is 1. The number of amides is 2. The number of hydrogen-bond acceptors (Lipinski definition) is 5. The minimum Gasteiger partial charge on any atom is -0.457 e. The molecule has 0 aromatic heterocycles. The molecule has 0 aliphatic rings. The smallest absolute Gasteiger partial charge is 0.306 e. The van der Waals surface area contributed by atoms with Crippen molar-refractivity contribution in [3.8, 4) is 11.5 Å². The van der Waals surface area contributed by atoms with Crippen molar-refractivity contribution in [1.29, 1.82) is 0 Å². The molecule has 7 nitrogen and oxygen atoms in total. The molecule has 0 saturated carbocycles. The van der Waals surface area contributed by atoms with Crippen LogP contribution < -0.4 is 15.4 Å². The third-order valence-electron chi connectivity index (χ3n) is 5.21. The number of rotatable bonds is 10. The fourth-order valence-electron chi connectivity index (χ4n) is 3.55. The lowest BCUT2D eigenvalue weighted by atomic mass is 10.1. The molecule has 0 spiro atoms. The second kappa shape index (κ2) is 12.9. The van der Waals surface area contributed by atoms with Gasteiger partial charge >= 0.3 is 5.97 Å². The lowest BCUT2D eigenvalue weighted by molar-refractivity contribution is -0.147. The molecule has 2 amide bonds. The van der Waals surface area contributed by atoms with Gasteiger partial charge in [0.1, 0.15) is 11.5 Å². The number of ether oxygens (including phenoxy) is 2. The molecule has 3 aromatic rings. The molecule has 0 aliphatic heterocycles. The van der Waals surface area contributed by atoms with E-state index in [1.54, 1.807) is 30.3 Å². The maximum absolute atomic E-state index is 12.2. The Labute approximate surface area is 219 Å². The van der Waals surface area contributed by atoms with Crippen LogP contribution in [0.3, 0.4) is 0 Å². The van der Waals surface area contributed by atoms with Gasteiger partial charge in [-0.2, -0.15) is 0 Å². The molecule has 0 saturated heterocycles. The Balaban J connectivity index is 1.39. The molecule has 8 heteroatoms. The first-order valence-electron chi connectivity index (χ1n) is 11.6. The Morgan fingerprint density at radius 1 is 0.806 bits per heavy atom. The molecule has 0 radical (unpaired) electrons. The average molecular weight is 553 g/mol. The van der Waals surface area contributed by atoms with E-state index in [0.29, 0.717) is 17.1 Å². The summed E-state index contributed by atoms with van der Waals surface area (Å²) in [7, 11) is 0. The maximum Gasteiger partial charge on any atom is 0.306 e. The first kappa shape index (κ1) is 26.9.